The van der Waals surface area contributed by atoms with Crippen LogP contribution in [0.4, 0.5) is 13.6 Å². The lowest BCUT2D eigenvalue weighted by molar-refractivity contribution is -0.110. The summed E-state index contributed by atoms with van der Waals surface area (Å²) in [5.74, 6) is -1.94. The summed E-state index contributed by atoms with van der Waals surface area (Å²) >= 11 is 0. The second-order valence-corrected chi connectivity index (χ2v) is 5.12. The first-order valence-electron chi connectivity index (χ1n) is 5.89. The van der Waals surface area contributed by atoms with Crippen molar-refractivity contribution in [3.05, 3.63) is 0 Å². The van der Waals surface area contributed by atoms with Crippen molar-refractivity contribution in [3.8, 4) is 0 Å². The van der Waals surface area contributed by atoms with Crippen LogP contribution < -0.4 is 5.32 Å². The largest absolute Gasteiger partial charge is 0.335 e. The van der Waals surface area contributed by atoms with Gasteiger partial charge in [0.15, 0.2) is 0 Å². The fourth-order valence-electron chi connectivity index (χ4n) is 2.33. The zero-order valence-corrected chi connectivity index (χ0v) is 9.51. The molecule has 0 radical (unpaired) electrons. The van der Waals surface area contributed by atoms with E-state index >= 15 is 0 Å². The molecule has 0 atom stereocenters. The molecule has 0 unspecified atom stereocenters. The van der Waals surface area contributed by atoms with E-state index < -0.39 is 19.0 Å². The summed E-state index contributed by atoms with van der Waals surface area (Å²) in [7, 11) is 0. The van der Waals surface area contributed by atoms with Crippen LogP contribution in [0.3, 0.4) is 0 Å². The van der Waals surface area contributed by atoms with E-state index in [2.05, 4.69) is 12.2 Å². The van der Waals surface area contributed by atoms with Gasteiger partial charge in [0.25, 0.3) is 5.92 Å². The van der Waals surface area contributed by atoms with Crippen molar-refractivity contribution in [3.63, 3.8) is 0 Å². The van der Waals surface area contributed by atoms with Gasteiger partial charge < -0.3 is 10.2 Å². The lowest BCUT2D eigenvalue weighted by Gasteiger charge is -2.39. The van der Waals surface area contributed by atoms with Crippen LogP contribution >= 0.6 is 0 Å². The highest BCUT2D eigenvalue weighted by Crippen LogP contribution is 2.27. The lowest BCUT2D eigenvalue weighted by Crippen LogP contribution is -2.62. The molecule has 1 N–H and O–H groups in total. The van der Waals surface area contributed by atoms with Gasteiger partial charge in [-0.15, -0.1) is 0 Å². The normalized spacial score (nSPS) is 33.1. The molecule has 2 rings (SSSR count). The molecule has 3 nitrogen and oxygen atoms in total. The highest BCUT2D eigenvalue weighted by Gasteiger charge is 2.46. The van der Waals surface area contributed by atoms with Crippen molar-refractivity contribution < 1.29 is 13.6 Å². The Bertz CT molecular complexity index is 267. The zero-order valence-electron chi connectivity index (χ0n) is 9.51. The third kappa shape index (κ3) is 2.62. The maximum atomic E-state index is 12.6. The first-order chi connectivity index (χ1) is 7.46. The number of carbonyl (C=O) groups excluding carboxylic acids is 1. The SMILES string of the molecule is CC1CCC(NC(=O)N2CC(F)(F)C2)CC1. The molecule has 1 heterocycles. The van der Waals surface area contributed by atoms with Crippen molar-refractivity contribution in [2.75, 3.05) is 13.1 Å². The number of hydrogen-bond acceptors (Lipinski definition) is 1. The van der Waals surface area contributed by atoms with Crippen molar-refractivity contribution in [2.45, 2.75) is 44.6 Å². The van der Waals surface area contributed by atoms with Crippen LogP contribution in [0.1, 0.15) is 32.6 Å². The second-order valence-electron chi connectivity index (χ2n) is 5.12. The molecule has 0 aromatic rings. The standard InChI is InChI=1S/C11H18F2N2O/c1-8-2-4-9(5-3-8)14-10(16)15-6-11(12,13)7-15/h8-9H,2-7H2,1H3,(H,14,16). The zero-order chi connectivity index (χ0) is 11.8. The lowest BCUT2D eigenvalue weighted by atomic mass is 9.87. The molecular weight excluding hydrogens is 214 g/mol. The maximum Gasteiger partial charge on any atom is 0.318 e. The minimum Gasteiger partial charge on any atom is -0.335 e. The molecule has 2 fully saturated rings. The molecule has 0 aromatic carbocycles. The smallest absolute Gasteiger partial charge is 0.318 e. The van der Waals surface area contributed by atoms with E-state index in [1.54, 1.807) is 0 Å². The Labute approximate surface area is 94.2 Å². The van der Waals surface area contributed by atoms with Gasteiger partial charge in [-0.25, -0.2) is 13.6 Å². The molecule has 0 aromatic heterocycles. The summed E-state index contributed by atoms with van der Waals surface area (Å²) in [6.07, 6.45) is 4.16. The Kier molecular flexibility index (Phi) is 3.04. The maximum absolute atomic E-state index is 12.6. The number of nitrogens with one attached hydrogen (secondary N) is 1. The summed E-state index contributed by atoms with van der Waals surface area (Å²) in [6, 6.07) is -0.150. The summed E-state index contributed by atoms with van der Waals surface area (Å²) < 4.78 is 25.1. The van der Waals surface area contributed by atoms with Crippen LogP contribution in [0.15, 0.2) is 0 Å². The number of urea groups is 1. The highest BCUT2D eigenvalue weighted by atomic mass is 19.3. The van der Waals surface area contributed by atoms with E-state index in [1.807, 2.05) is 0 Å². The van der Waals surface area contributed by atoms with Crippen LogP contribution in [0.5, 0.6) is 0 Å². The monoisotopic (exact) mass is 232 g/mol. The minimum absolute atomic E-state index is 0.179. The number of nitrogens with zero attached hydrogens (tertiary/aromatic N) is 1. The van der Waals surface area contributed by atoms with Gasteiger partial charge in [0.1, 0.15) is 0 Å². The van der Waals surface area contributed by atoms with E-state index in [0.717, 1.165) is 31.6 Å². The minimum atomic E-state index is -2.67. The first-order valence-corrected chi connectivity index (χ1v) is 5.89. The van der Waals surface area contributed by atoms with Crippen molar-refractivity contribution in [1.29, 1.82) is 0 Å². The fourth-order valence-corrected chi connectivity index (χ4v) is 2.33. The van der Waals surface area contributed by atoms with Gasteiger partial charge in [0.05, 0.1) is 13.1 Å². The Morgan fingerprint density at radius 2 is 1.81 bits per heavy atom. The Hall–Kier alpha value is -0.870. The third-order valence-electron chi connectivity index (χ3n) is 3.48. The van der Waals surface area contributed by atoms with Gasteiger partial charge in [-0.05, 0) is 31.6 Å². The molecule has 2 aliphatic rings. The number of hydrogen-bond donors (Lipinski definition) is 1. The van der Waals surface area contributed by atoms with Gasteiger partial charge >= 0.3 is 6.03 Å². The molecule has 1 saturated heterocycles. The predicted molar refractivity (Wildman–Crippen MR) is 56.5 cm³/mol. The average molecular weight is 232 g/mol. The van der Waals surface area contributed by atoms with E-state index in [0.29, 0.717) is 0 Å². The molecule has 0 spiro atoms. The summed E-state index contributed by atoms with van der Waals surface area (Å²) in [5, 5.41) is 2.83. The third-order valence-corrected chi connectivity index (χ3v) is 3.48. The summed E-state index contributed by atoms with van der Waals surface area (Å²) in [6.45, 7) is 1.35. The van der Waals surface area contributed by atoms with Gasteiger partial charge in [-0.2, -0.15) is 0 Å². The average Bonchev–Trinajstić information content (AvgIpc) is 2.18. The van der Waals surface area contributed by atoms with Gasteiger partial charge in [0.2, 0.25) is 0 Å². The topological polar surface area (TPSA) is 32.3 Å². The molecule has 1 aliphatic carbocycles. The highest BCUT2D eigenvalue weighted by molar-refractivity contribution is 5.75. The molecule has 1 aliphatic heterocycles. The molecule has 1 saturated carbocycles. The molecule has 0 bridgehead atoms. The quantitative estimate of drug-likeness (QED) is 0.738. The fraction of sp³-hybridized carbons (Fsp3) is 0.909. The van der Waals surface area contributed by atoms with Crippen LogP contribution in [-0.2, 0) is 0 Å². The molecule has 2 amide bonds. The van der Waals surface area contributed by atoms with Crippen LogP contribution in [0.25, 0.3) is 0 Å². The van der Waals surface area contributed by atoms with Gasteiger partial charge in [0, 0.05) is 6.04 Å². The molecule has 92 valence electrons. The van der Waals surface area contributed by atoms with Crippen LogP contribution in [0.2, 0.25) is 0 Å². The molecule has 5 heteroatoms. The Morgan fingerprint density at radius 3 is 2.31 bits per heavy atom. The second kappa shape index (κ2) is 4.18. The molecule has 16 heavy (non-hydrogen) atoms. The number of likely N-dealkylation sites (tertiary alicyclic amines) is 1. The van der Waals surface area contributed by atoms with Crippen molar-refractivity contribution in [1.82, 2.24) is 10.2 Å². The summed E-state index contributed by atoms with van der Waals surface area (Å²) in [5.41, 5.74) is 0. The number of carbonyl (C=O) groups is 1. The van der Waals surface area contributed by atoms with Crippen molar-refractivity contribution in [2.24, 2.45) is 5.92 Å². The molecular formula is C11H18F2N2O. The van der Waals surface area contributed by atoms with E-state index in [1.165, 1.54) is 4.90 Å². The number of amides is 2. The number of rotatable bonds is 1. The van der Waals surface area contributed by atoms with Crippen molar-refractivity contribution >= 4 is 6.03 Å². The van der Waals surface area contributed by atoms with Crippen LogP contribution in [0, 0.1) is 5.92 Å². The Morgan fingerprint density at radius 1 is 1.25 bits per heavy atom. The van der Waals surface area contributed by atoms with Crippen LogP contribution in [-0.4, -0.2) is 36.0 Å². The Balaban J connectivity index is 1.72. The first kappa shape index (κ1) is 11.6. The van der Waals surface area contributed by atoms with E-state index in [4.69, 9.17) is 0 Å². The van der Waals surface area contributed by atoms with Gasteiger partial charge in [-0.1, -0.05) is 6.92 Å². The number of alkyl halides is 2. The van der Waals surface area contributed by atoms with Gasteiger partial charge in [-0.3, -0.25) is 0 Å². The predicted octanol–water partition coefficient (Wildman–Crippen LogP) is 2.23. The van der Waals surface area contributed by atoms with E-state index in [9.17, 15) is 13.6 Å². The van der Waals surface area contributed by atoms with E-state index in [-0.39, 0.29) is 12.1 Å². The summed E-state index contributed by atoms with van der Waals surface area (Å²) in [4.78, 5) is 12.7. The number of halogens is 2.